The van der Waals surface area contributed by atoms with Gasteiger partial charge in [-0.05, 0) is 49.2 Å². The summed E-state index contributed by atoms with van der Waals surface area (Å²) in [4.78, 5) is 48.0. The Morgan fingerprint density at radius 1 is 0.917 bits per heavy atom. The number of pyridine rings is 1. The lowest BCUT2D eigenvalue weighted by Gasteiger charge is -2.45. The van der Waals surface area contributed by atoms with Gasteiger partial charge in [-0.1, -0.05) is 42.5 Å². The summed E-state index contributed by atoms with van der Waals surface area (Å²) >= 11 is 0. The van der Waals surface area contributed by atoms with Gasteiger partial charge >= 0.3 is 18.1 Å². The Morgan fingerprint density at radius 2 is 1.56 bits per heavy atom. The van der Waals surface area contributed by atoms with Crippen molar-refractivity contribution in [2.45, 2.75) is 37.6 Å². The van der Waals surface area contributed by atoms with Crippen molar-refractivity contribution >= 4 is 29.5 Å². The van der Waals surface area contributed by atoms with Gasteiger partial charge < -0.3 is 14.7 Å². The van der Waals surface area contributed by atoms with E-state index in [0.717, 1.165) is 0 Å². The van der Waals surface area contributed by atoms with Crippen LogP contribution < -0.4 is 4.90 Å². The van der Waals surface area contributed by atoms with Gasteiger partial charge in [0.15, 0.2) is 6.04 Å². The fraction of sp³-hybridized carbons (Fsp3) is 0.259. The number of urea groups is 1. The van der Waals surface area contributed by atoms with Crippen LogP contribution in [0.1, 0.15) is 18.5 Å². The number of amides is 3. The van der Waals surface area contributed by atoms with Crippen LogP contribution in [-0.4, -0.2) is 62.7 Å². The topological polar surface area (TPSA) is 103 Å². The smallest absolute Gasteiger partial charge is 0.410 e. The number of ether oxygens (including phenoxy) is 1. The molecule has 2 aromatic carbocycles. The second-order valence-corrected chi connectivity index (χ2v) is 8.81. The Kier molecular flexibility index (Phi) is 6.53. The molecular weight excluding hydrogens is 460 g/mol. The highest BCUT2D eigenvalue weighted by Crippen LogP contribution is 2.37. The second kappa shape index (κ2) is 10.1. The Balaban J connectivity index is 1.41. The van der Waals surface area contributed by atoms with Crippen LogP contribution in [-0.2, 0) is 16.1 Å². The molecule has 0 unspecified atom stereocenters. The van der Waals surface area contributed by atoms with Crippen LogP contribution in [0.15, 0.2) is 85.1 Å². The zero-order chi connectivity index (χ0) is 25.1. The van der Waals surface area contributed by atoms with Crippen molar-refractivity contribution in [1.29, 1.82) is 0 Å². The Hall–Kier alpha value is -4.40. The van der Waals surface area contributed by atoms with Crippen LogP contribution in [0.25, 0.3) is 0 Å². The molecule has 184 valence electrons. The predicted octanol–water partition coefficient (Wildman–Crippen LogP) is 4.28. The predicted molar refractivity (Wildman–Crippen MR) is 132 cm³/mol. The SMILES string of the molecule is O=C(O)[C@@H]1[C@H]2CC[C@@H](CN1C(=O)N(c1ccccc1)c1ccccc1)N2C(=O)OCc1ccccn1. The van der Waals surface area contributed by atoms with Crippen molar-refractivity contribution in [2.75, 3.05) is 11.4 Å². The van der Waals surface area contributed by atoms with Crippen molar-refractivity contribution in [2.24, 2.45) is 0 Å². The summed E-state index contributed by atoms with van der Waals surface area (Å²) in [6.45, 7) is 0.0902. The molecule has 3 atom stereocenters. The highest BCUT2D eigenvalue weighted by atomic mass is 16.6. The summed E-state index contributed by atoms with van der Waals surface area (Å²) < 4.78 is 5.48. The first-order chi connectivity index (χ1) is 17.5. The average Bonchev–Trinajstić information content (AvgIpc) is 3.21. The third-order valence-corrected chi connectivity index (χ3v) is 6.65. The first kappa shape index (κ1) is 23.3. The van der Waals surface area contributed by atoms with Crippen molar-refractivity contribution in [1.82, 2.24) is 14.8 Å². The second-order valence-electron chi connectivity index (χ2n) is 8.81. The highest BCUT2D eigenvalue weighted by molar-refractivity contribution is 6.01. The number of aliphatic carboxylic acids is 1. The largest absolute Gasteiger partial charge is 0.480 e. The van der Waals surface area contributed by atoms with Crippen molar-refractivity contribution in [3.8, 4) is 0 Å². The summed E-state index contributed by atoms with van der Waals surface area (Å²) in [6, 6.07) is 20.9. The summed E-state index contributed by atoms with van der Waals surface area (Å²) in [5.41, 5.74) is 1.85. The highest BCUT2D eigenvalue weighted by Gasteiger charge is 2.54. The number of aromatic nitrogens is 1. The Labute approximate surface area is 208 Å². The molecule has 1 N–H and O–H groups in total. The van der Waals surface area contributed by atoms with Gasteiger partial charge in [0.2, 0.25) is 0 Å². The van der Waals surface area contributed by atoms with Crippen molar-refractivity contribution in [3.05, 3.63) is 90.8 Å². The number of rotatable bonds is 5. The molecule has 3 heterocycles. The molecule has 2 saturated heterocycles. The van der Waals surface area contributed by atoms with E-state index in [0.29, 0.717) is 29.9 Å². The number of carbonyl (C=O) groups is 3. The molecule has 2 bridgehead atoms. The summed E-state index contributed by atoms with van der Waals surface area (Å²) in [7, 11) is 0. The summed E-state index contributed by atoms with van der Waals surface area (Å²) in [5, 5.41) is 10.2. The van der Waals surface area contributed by atoms with Gasteiger partial charge in [-0.2, -0.15) is 0 Å². The number of carbonyl (C=O) groups excluding carboxylic acids is 2. The van der Waals surface area contributed by atoms with Crippen LogP contribution in [0, 0.1) is 0 Å². The molecule has 0 spiro atoms. The number of hydrogen-bond acceptors (Lipinski definition) is 5. The molecule has 3 amide bonds. The molecule has 5 rings (SSSR count). The number of piperazine rings is 1. The van der Waals surface area contributed by atoms with Crippen molar-refractivity contribution < 1.29 is 24.2 Å². The Bertz CT molecular complexity index is 1190. The number of carboxylic acids is 1. The molecule has 0 saturated carbocycles. The monoisotopic (exact) mass is 486 g/mol. The zero-order valence-electron chi connectivity index (χ0n) is 19.5. The molecule has 3 aromatic rings. The standard InChI is InChI=1S/C27H26N4O5/c32-25(33)24-23-15-14-22(31(23)27(35)36-18-19-9-7-8-16-28-19)17-29(24)26(34)30(20-10-3-1-4-11-20)21-12-5-2-6-13-21/h1-13,16,22-24H,14-15,17-18H2,(H,32,33)/t22-,23+,24-/m0/s1. The lowest BCUT2D eigenvalue weighted by atomic mass is 10.0. The number of anilines is 2. The fourth-order valence-electron chi connectivity index (χ4n) is 5.08. The zero-order valence-corrected chi connectivity index (χ0v) is 19.5. The van der Waals surface area contributed by atoms with Crippen LogP contribution in [0.3, 0.4) is 0 Å². The van der Waals surface area contributed by atoms with E-state index in [1.807, 2.05) is 36.4 Å². The van der Waals surface area contributed by atoms with Gasteiger partial charge in [-0.15, -0.1) is 0 Å². The number of nitrogens with zero attached hydrogens (tertiary/aromatic N) is 4. The molecule has 2 aliphatic rings. The summed E-state index contributed by atoms with van der Waals surface area (Å²) in [5.74, 6) is -1.16. The lowest BCUT2D eigenvalue weighted by Crippen LogP contribution is -2.66. The number of para-hydroxylation sites is 2. The number of hydrogen-bond donors (Lipinski definition) is 1. The van der Waals surface area contributed by atoms with E-state index in [1.165, 1.54) is 14.7 Å². The molecular formula is C27H26N4O5. The molecule has 9 heteroatoms. The van der Waals surface area contributed by atoms with E-state index in [1.54, 1.807) is 48.7 Å². The summed E-state index contributed by atoms with van der Waals surface area (Å²) in [6.07, 6.45) is 2.09. The van der Waals surface area contributed by atoms with E-state index in [9.17, 15) is 19.5 Å². The maximum absolute atomic E-state index is 14.0. The van der Waals surface area contributed by atoms with Crippen LogP contribution in [0.4, 0.5) is 21.0 Å². The number of fused-ring (bicyclic) bond motifs is 2. The van der Waals surface area contributed by atoms with E-state index in [-0.39, 0.29) is 19.2 Å². The lowest BCUT2D eigenvalue weighted by molar-refractivity contribution is -0.146. The van der Waals surface area contributed by atoms with Crippen LogP contribution in [0.5, 0.6) is 0 Å². The number of carboxylic acid groups (broad SMARTS) is 1. The first-order valence-corrected chi connectivity index (χ1v) is 11.8. The maximum atomic E-state index is 14.0. The van der Waals surface area contributed by atoms with Gasteiger partial charge in [-0.25, -0.2) is 14.4 Å². The van der Waals surface area contributed by atoms with Gasteiger partial charge in [0.1, 0.15) is 6.61 Å². The van der Waals surface area contributed by atoms with Crippen LogP contribution in [0.2, 0.25) is 0 Å². The first-order valence-electron chi connectivity index (χ1n) is 11.8. The molecule has 0 aliphatic carbocycles. The maximum Gasteiger partial charge on any atom is 0.410 e. The molecule has 2 aliphatic heterocycles. The number of benzene rings is 2. The van der Waals surface area contributed by atoms with Crippen LogP contribution >= 0.6 is 0 Å². The van der Waals surface area contributed by atoms with E-state index < -0.39 is 30.2 Å². The third-order valence-electron chi connectivity index (χ3n) is 6.65. The van der Waals surface area contributed by atoms with Gasteiger partial charge in [0, 0.05) is 12.7 Å². The normalized spacial score (nSPS) is 20.6. The minimum absolute atomic E-state index is 0.00815. The quantitative estimate of drug-likeness (QED) is 0.578. The molecule has 36 heavy (non-hydrogen) atoms. The molecule has 9 nitrogen and oxygen atoms in total. The van der Waals surface area contributed by atoms with E-state index >= 15 is 0 Å². The van der Waals surface area contributed by atoms with Gasteiger partial charge in [-0.3, -0.25) is 14.8 Å². The Morgan fingerprint density at radius 3 is 2.14 bits per heavy atom. The minimum Gasteiger partial charge on any atom is -0.480 e. The minimum atomic E-state index is -1.20. The van der Waals surface area contributed by atoms with E-state index in [4.69, 9.17) is 4.74 Å². The molecule has 0 radical (unpaired) electrons. The average molecular weight is 487 g/mol. The van der Waals surface area contributed by atoms with Crippen molar-refractivity contribution in [3.63, 3.8) is 0 Å². The van der Waals surface area contributed by atoms with Gasteiger partial charge in [0.25, 0.3) is 0 Å². The van der Waals surface area contributed by atoms with Gasteiger partial charge in [0.05, 0.1) is 29.2 Å². The fourth-order valence-corrected chi connectivity index (χ4v) is 5.08. The molecule has 2 fully saturated rings. The molecule has 1 aromatic heterocycles. The van der Waals surface area contributed by atoms with E-state index in [2.05, 4.69) is 4.98 Å². The third kappa shape index (κ3) is 4.47. The number of likely N-dealkylation sites (tertiary alicyclic amines) is 1.